The number of aromatic nitrogens is 1. The van der Waals surface area contributed by atoms with E-state index < -0.39 is 22.0 Å². The van der Waals surface area contributed by atoms with Crippen LogP contribution in [0.3, 0.4) is 0 Å². The summed E-state index contributed by atoms with van der Waals surface area (Å²) in [6.45, 7) is 5.72. The maximum absolute atomic E-state index is 12.7. The van der Waals surface area contributed by atoms with E-state index in [0.717, 1.165) is 31.7 Å². The lowest BCUT2D eigenvalue weighted by Gasteiger charge is -2.15. The third kappa shape index (κ3) is 5.30. The van der Waals surface area contributed by atoms with Gasteiger partial charge in [0.25, 0.3) is 10.0 Å². The first-order valence-corrected chi connectivity index (χ1v) is 12.2. The fourth-order valence-electron chi connectivity index (χ4n) is 2.73. The van der Waals surface area contributed by atoms with E-state index in [1.807, 2.05) is 45.0 Å². The largest absolute Gasteiger partial charge is 0.480 e. The zero-order valence-corrected chi connectivity index (χ0v) is 18.7. The Bertz CT molecular complexity index is 1100. The average molecular weight is 451 g/mol. The van der Waals surface area contributed by atoms with Gasteiger partial charge in [0.1, 0.15) is 15.3 Å². The van der Waals surface area contributed by atoms with Gasteiger partial charge >= 0.3 is 5.97 Å². The zero-order chi connectivity index (χ0) is 21.2. The number of sulfonamides is 1. The van der Waals surface area contributed by atoms with Crippen LogP contribution < -0.4 is 4.72 Å². The van der Waals surface area contributed by atoms with Gasteiger partial charge in [-0.15, -0.1) is 22.7 Å². The summed E-state index contributed by atoms with van der Waals surface area (Å²) >= 11 is 2.57. The Balaban J connectivity index is 1.81. The molecule has 29 heavy (non-hydrogen) atoms. The first-order valence-electron chi connectivity index (χ1n) is 9.04. The quantitative estimate of drug-likeness (QED) is 0.522. The molecule has 2 heterocycles. The molecule has 0 aliphatic carbocycles. The molecule has 3 rings (SSSR count). The highest BCUT2D eigenvalue weighted by molar-refractivity contribution is 7.91. The number of rotatable bonds is 8. The predicted octanol–water partition coefficient (Wildman–Crippen LogP) is 4.62. The molecule has 6 nitrogen and oxygen atoms in total. The average Bonchev–Trinajstić information content (AvgIpc) is 3.31. The van der Waals surface area contributed by atoms with Crippen molar-refractivity contribution in [1.29, 1.82) is 0 Å². The molecule has 0 radical (unpaired) electrons. The Morgan fingerprint density at radius 3 is 2.41 bits per heavy atom. The van der Waals surface area contributed by atoms with Crippen molar-refractivity contribution in [1.82, 2.24) is 9.71 Å². The first kappa shape index (κ1) is 21.6. The molecule has 0 aliphatic rings. The zero-order valence-electron chi connectivity index (χ0n) is 16.2. The van der Waals surface area contributed by atoms with E-state index in [-0.39, 0.29) is 16.5 Å². The van der Waals surface area contributed by atoms with Crippen molar-refractivity contribution in [2.75, 3.05) is 0 Å². The van der Waals surface area contributed by atoms with Gasteiger partial charge in [0.15, 0.2) is 0 Å². The SMILES string of the molecule is Cc1ccc(-c2cnc(-c3ccc(S(=O)(=O)N[C@H](CC(C)C)C(=O)O)s3)s2)cc1. The van der Waals surface area contributed by atoms with Gasteiger partial charge in [-0.25, -0.2) is 13.4 Å². The van der Waals surface area contributed by atoms with Crippen molar-refractivity contribution in [3.63, 3.8) is 0 Å². The van der Waals surface area contributed by atoms with Crippen LogP contribution in [0.4, 0.5) is 0 Å². The van der Waals surface area contributed by atoms with E-state index in [9.17, 15) is 18.3 Å². The fraction of sp³-hybridized carbons (Fsp3) is 0.300. The van der Waals surface area contributed by atoms with Crippen LogP contribution in [0.2, 0.25) is 0 Å². The van der Waals surface area contributed by atoms with Crippen LogP contribution in [0.1, 0.15) is 25.8 Å². The highest BCUT2D eigenvalue weighted by Gasteiger charge is 2.27. The number of carboxylic acids is 1. The lowest BCUT2D eigenvalue weighted by atomic mass is 10.1. The Morgan fingerprint density at radius 2 is 1.79 bits per heavy atom. The number of benzene rings is 1. The molecule has 3 aromatic rings. The molecule has 1 atom stereocenters. The van der Waals surface area contributed by atoms with Crippen LogP contribution >= 0.6 is 22.7 Å². The van der Waals surface area contributed by atoms with Crippen molar-refractivity contribution < 1.29 is 18.3 Å². The molecule has 0 spiro atoms. The molecule has 2 aromatic heterocycles. The minimum absolute atomic E-state index is 0.0493. The van der Waals surface area contributed by atoms with Gasteiger partial charge in [-0.05, 0) is 37.0 Å². The van der Waals surface area contributed by atoms with Crippen molar-refractivity contribution in [3.05, 3.63) is 48.2 Å². The van der Waals surface area contributed by atoms with Gasteiger partial charge in [0, 0.05) is 6.20 Å². The minimum atomic E-state index is -3.92. The summed E-state index contributed by atoms with van der Waals surface area (Å²) < 4.78 is 27.7. The smallest absolute Gasteiger partial charge is 0.321 e. The molecule has 0 bridgehead atoms. The molecular weight excluding hydrogens is 428 g/mol. The second-order valence-electron chi connectivity index (χ2n) is 7.16. The number of hydrogen-bond acceptors (Lipinski definition) is 6. The van der Waals surface area contributed by atoms with E-state index in [1.165, 1.54) is 23.0 Å². The molecule has 1 aromatic carbocycles. The predicted molar refractivity (Wildman–Crippen MR) is 117 cm³/mol. The third-order valence-electron chi connectivity index (χ3n) is 4.20. The van der Waals surface area contributed by atoms with Crippen LogP contribution in [-0.4, -0.2) is 30.5 Å². The lowest BCUT2D eigenvalue weighted by molar-refractivity contribution is -0.139. The maximum Gasteiger partial charge on any atom is 0.321 e. The molecular formula is C20H22N2O4S3. The Labute approximate surface area is 178 Å². The van der Waals surface area contributed by atoms with E-state index in [1.54, 1.807) is 12.3 Å². The lowest BCUT2D eigenvalue weighted by Crippen LogP contribution is -2.41. The Kier molecular flexibility index (Phi) is 6.52. The van der Waals surface area contributed by atoms with Crippen LogP contribution in [0, 0.1) is 12.8 Å². The fourth-order valence-corrected chi connectivity index (χ4v) is 6.24. The summed E-state index contributed by atoms with van der Waals surface area (Å²) in [6.07, 6.45) is 2.00. The molecule has 0 amide bonds. The number of carboxylic acid groups (broad SMARTS) is 1. The van der Waals surface area contributed by atoms with E-state index in [4.69, 9.17) is 0 Å². The van der Waals surface area contributed by atoms with Crippen LogP contribution in [0.25, 0.3) is 20.3 Å². The molecule has 9 heteroatoms. The van der Waals surface area contributed by atoms with Crippen molar-refractivity contribution >= 4 is 38.7 Å². The van der Waals surface area contributed by atoms with Gasteiger partial charge in [-0.2, -0.15) is 4.72 Å². The highest BCUT2D eigenvalue weighted by atomic mass is 32.2. The number of nitrogens with zero attached hydrogens (tertiary/aromatic N) is 1. The molecule has 0 saturated heterocycles. The molecule has 0 saturated carbocycles. The summed E-state index contributed by atoms with van der Waals surface area (Å²) in [5, 5.41) is 10.0. The second-order valence-corrected chi connectivity index (χ2v) is 11.2. The summed E-state index contributed by atoms with van der Waals surface area (Å²) in [7, 11) is -3.92. The number of aliphatic carboxylic acids is 1. The standard InChI is InChI=1S/C20H22N2O4S3/c1-12(2)10-15(20(23)24)22-29(25,26)18-9-8-16(27-18)19-21-11-17(28-19)14-6-4-13(3)5-7-14/h4-9,11-12,15,22H,10H2,1-3H3,(H,23,24)/t15-/m1/s1. The number of carbonyl (C=O) groups is 1. The van der Waals surface area contributed by atoms with Crippen molar-refractivity contribution in [3.8, 4) is 20.3 Å². The summed E-state index contributed by atoms with van der Waals surface area (Å²) in [6, 6.07) is 10.2. The minimum Gasteiger partial charge on any atom is -0.480 e. The molecule has 2 N–H and O–H groups in total. The molecule has 0 fully saturated rings. The van der Waals surface area contributed by atoms with Crippen LogP contribution in [0.5, 0.6) is 0 Å². The molecule has 0 aliphatic heterocycles. The molecule has 154 valence electrons. The summed E-state index contributed by atoms with van der Waals surface area (Å²) in [5.74, 6) is -1.13. The van der Waals surface area contributed by atoms with Crippen molar-refractivity contribution in [2.24, 2.45) is 5.92 Å². The topological polar surface area (TPSA) is 96.4 Å². The normalized spacial score (nSPS) is 13.0. The first-order chi connectivity index (χ1) is 13.7. The Morgan fingerprint density at radius 1 is 1.10 bits per heavy atom. The van der Waals surface area contributed by atoms with Gasteiger partial charge < -0.3 is 5.11 Å². The summed E-state index contributed by atoms with van der Waals surface area (Å²) in [5.41, 5.74) is 2.24. The number of hydrogen-bond donors (Lipinski definition) is 2. The van der Waals surface area contributed by atoms with E-state index >= 15 is 0 Å². The monoisotopic (exact) mass is 450 g/mol. The van der Waals surface area contributed by atoms with Crippen molar-refractivity contribution in [2.45, 2.75) is 37.4 Å². The van der Waals surface area contributed by atoms with Crippen LogP contribution in [-0.2, 0) is 14.8 Å². The number of thiazole rings is 1. The summed E-state index contributed by atoms with van der Waals surface area (Å²) in [4.78, 5) is 17.6. The second kappa shape index (κ2) is 8.74. The highest BCUT2D eigenvalue weighted by Crippen LogP contribution is 2.36. The molecule has 0 unspecified atom stereocenters. The van der Waals surface area contributed by atoms with Gasteiger partial charge in [-0.1, -0.05) is 43.7 Å². The number of thiophene rings is 1. The van der Waals surface area contributed by atoms with Gasteiger partial charge in [0.2, 0.25) is 0 Å². The van der Waals surface area contributed by atoms with E-state index in [2.05, 4.69) is 9.71 Å². The van der Waals surface area contributed by atoms with Crippen LogP contribution in [0.15, 0.2) is 46.8 Å². The number of nitrogens with one attached hydrogen (secondary N) is 1. The number of aryl methyl sites for hydroxylation is 1. The third-order valence-corrected chi connectivity index (χ3v) is 8.47. The van der Waals surface area contributed by atoms with E-state index in [0.29, 0.717) is 0 Å². The Hall–Kier alpha value is -2.07. The van der Waals surface area contributed by atoms with Gasteiger partial charge in [0.05, 0.1) is 9.75 Å². The van der Waals surface area contributed by atoms with Gasteiger partial charge in [-0.3, -0.25) is 4.79 Å². The maximum atomic E-state index is 12.7.